The van der Waals surface area contributed by atoms with Crippen LogP contribution in [0.1, 0.15) is 53.0 Å². The molecule has 0 aromatic carbocycles. The Kier molecular flexibility index (Phi) is 4.55. The van der Waals surface area contributed by atoms with Gasteiger partial charge in [0, 0.05) is 44.4 Å². The number of amides is 1. The van der Waals surface area contributed by atoms with E-state index in [1.54, 1.807) is 11.7 Å². The molecule has 3 rings (SSSR count). The highest BCUT2D eigenvalue weighted by Gasteiger charge is 2.37. The molecule has 0 radical (unpaired) electrons. The minimum Gasteiger partial charge on any atom is -0.369 e. The molecule has 3 heterocycles. The molecule has 2 atom stereocenters. The monoisotopic (exact) mass is 371 g/mol. The summed E-state index contributed by atoms with van der Waals surface area (Å²) in [7, 11) is 3.12. The van der Waals surface area contributed by atoms with Crippen LogP contribution >= 0.6 is 0 Å². The average Bonchev–Trinajstić information content (AvgIpc) is 3.05. The minimum absolute atomic E-state index is 0.0663. The number of carbonyl (C=O) groups is 1. The predicted molar refractivity (Wildman–Crippen MR) is 85.3 cm³/mol. The number of aromatic nitrogens is 4. The number of aryl methyl sites for hydroxylation is 2. The van der Waals surface area contributed by atoms with E-state index in [1.807, 2.05) is 13.8 Å². The van der Waals surface area contributed by atoms with E-state index in [2.05, 4.69) is 15.5 Å². The Bertz CT molecular complexity index is 840. The fourth-order valence-corrected chi connectivity index (χ4v) is 3.39. The molecule has 0 spiro atoms. The van der Waals surface area contributed by atoms with Crippen LogP contribution in [0.25, 0.3) is 0 Å². The van der Waals surface area contributed by atoms with Crippen LogP contribution in [0.2, 0.25) is 0 Å². The van der Waals surface area contributed by atoms with Crippen LogP contribution in [0, 0.1) is 0 Å². The lowest BCUT2D eigenvalue weighted by molar-refractivity contribution is -0.142. The van der Waals surface area contributed by atoms with Crippen LogP contribution < -0.4 is 5.32 Å². The van der Waals surface area contributed by atoms with Crippen molar-refractivity contribution in [2.45, 2.75) is 45.2 Å². The standard InChI is InChI=1S/C16H20F3N5O2/c1-8-5-11-12(21-24(4)13(11)9(2)26-8)15(25)20-6-10-7-23(3)22-14(10)16(17,18)19/h7-9H,5-6H2,1-4H3,(H,20,25)/t8-,9+/m1/s1. The summed E-state index contributed by atoms with van der Waals surface area (Å²) in [6.07, 6.45) is -3.08. The zero-order chi connectivity index (χ0) is 19.2. The van der Waals surface area contributed by atoms with Gasteiger partial charge in [-0.15, -0.1) is 0 Å². The van der Waals surface area contributed by atoms with Gasteiger partial charge in [0.05, 0.1) is 17.9 Å². The number of ether oxygens (including phenoxy) is 1. The molecular weight excluding hydrogens is 351 g/mol. The Balaban J connectivity index is 1.82. The van der Waals surface area contributed by atoms with E-state index in [0.717, 1.165) is 15.9 Å². The average molecular weight is 371 g/mol. The first-order valence-corrected chi connectivity index (χ1v) is 8.17. The lowest BCUT2D eigenvalue weighted by Crippen LogP contribution is -2.28. The summed E-state index contributed by atoms with van der Waals surface area (Å²) in [4.78, 5) is 12.5. The van der Waals surface area contributed by atoms with E-state index in [9.17, 15) is 18.0 Å². The van der Waals surface area contributed by atoms with Crippen molar-refractivity contribution in [3.05, 3.63) is 34.4 Å². The second kappa shape index (κ2) is 6.42. The van der Waals surface area contributed by atoms with Gasteiger partial charge in [-0.2, -0.15) is 23.4 Å². The van der Waals surface area contributed by atoms with Crippen molar-refractivity contribution in [3.63, 3.8) is 0 Å². The van der Waals surface area contributed by atoms with Crippen molar-refractivity contribution >= 4 is 5.91 Å². The fraction of sp³-hybridized carbons (Fsp3) is 0.562. The second-order valence-electron chi connectivity index (χ2n) is 6.49. The fourth-order valence-electron chi connectivity index (χ4n) is 3.39. The SMILES string of the molecule is C[C@@H]1Cc2c(C(=O)NCc3cn(C)nc3C(F)(F)F)nn(C)c2[C@H](C)O1. The number of alkyl halides is 3. The van der Waals surface area contributed by atoms with Gasteiger partial charge in [-0.05, 0) is 13.8 Å². The highest BCUT2D eigenvalue weighted by molar-refractivity contribution is 5.94. The molecule has 0 saturated heterocycles. The smallest absolute Gasteiger partial charge is 0.369 e. The zero-order valence-electron chi connectivity index (χ0n) is 14.9. The largest absolute Gasteiger partial charge is 0.435 e. The number of halogens is 3. The van der Waals surface area contributed by atoms with Gasteiger partial charge < -0.3 is 10.1 Å². The van der Waals surface area contributed by atoms with Gasteiger partial charge in [-0.25, -0.2) is 0 Å². The zero-order valence-corrected chi connectivity index (χ0v) is 14.9. The number of hydrogen-bond donors (Lipinski definition) is 1. The molecule has 0 unspecified atom stereocenters. The van der Waals surface area contributed by atoms with Crippen molar-refractivity contribution in [3.8, 4) is 0 Å². The van der Waals surface area contributed by atoms with Gasteiger partial charge in [0.25, 0.3) is 5.91 Å². The normalized spacial score (nSPS) is 20.1. The van der Waals surface area contributed by atoms with Gasteiger partial charge in [-0.3, -0.25) is 14.2 Å². The number of nitrogens with one attached hydrogen (secondary N) is 1. The highest BCUT2D eigenvalue weighted by atomic mass is 19.4. The molecule has 2 aromatic rings. The molecule has 7 nitrogen and oxygen atoms in total. The second-order valence-corrected chi connectivity index (χ2v) is 6.49. The molecule has 1 aliphatic rings. The predicted octanol–water partition coefficient (Wildman–Crippen LogP) is 2.12. The first-order chi connectivity index (χ1) is 12.1. The van der Waals surface area contributed by atoms with Gasteiger partial charge in [-0.1, -0.05) is 0 Å². The maximum absolute atomic E-state index is 13.0. The summed E-state index contributed by atoms with van der Waals surface area (Å²) in [5.41, 5.74) is 0.716. The molecule has 0 aliphatic carbocycles. The Labute approximate surface area is 148 Å². The lowest BCUT2D eigenvalue weighted by atomic mass is 9.99. The van der Waals surface area contributed by atoms with Crippen LogP contribution in [0.5, 0.6) is 0 Å². The summed E-state index contributed by atoms with van der Waals surface area (Å²) in [6.45, 7) is 3.50. The molecular formula is C16H20F3N5O2. The Morgan fingerprint density at radius 2 is 2.04 bits per heavy atom. The van der Waals surface area contributed by atoms with Gasteiger partial charge in [0.1, 0.15) is 0 Å². The van der Waals surface area contributed by atoms with Gasteiger partial charge >= 0.3 is 6.18 Å². The van der Waals surface area contributed by atoms with E-state index in [-0.39, 0.29) is 30.0 Å². The molecule has 1 amide bonds. The number of nitrogens with zero attached hydrogens (tertiary/aromatic N) is 4. The van der Waals surface area contributed by atoms with Crippen molar-refractivity contribution in [2.75, 3.05) is 0 Å². The molecule has 142 valence electrons. The third kappa shape index (κ3) is 3.33. The first-order valence-electron chi connectivity index (χ1n) is 8.17. The van der Waals surface area contributed by atoms with Crippen molar-refractivity contribution < 1.29 is 22.7 Å². The van der Waals surface area contributed by atoms with Crippen LogP contribution in [0.15, 0.2) is 6.20 Å². The number of hydrogen-bond acceptors (Lipinski definition) is 4. The van der Waals surface area contributed by atoms with E-state index in [1.165, 1.54) is 13.2 Å². The Morgan fingerprint density at radius 3 is 2.69 bits per heavy atom. The maximum Gasteiger partial charge on any atom is 0.435 e. The minimum atomic E-state index is -4.58. The molecule has 0 bridgehead atoms. The highest BCUT2D eigenvalue weighted by Crippen LogP contribution is 2.32. The topological polar surface area (TPSA) is 74.0 Å². The third-order valence-electron chi connectivity index (χ3n) is 4.33. The molecule has 26 heavy (non-hydrogen) atoms. The first kappa shape index (κ1) is 18.4. The number of fused-ring (bicyclic) bond motifs is 1. The molecule has 2 aromatic heterocycles. The van der Waals surface area contributed by atoms with E-state index in [4.69, 9.17) is 4.74 Å². The molecule has 0 fully saturated rings. The van der Waals surface area contributed by atoms with Crippen molar-refractivity contribution in [2.24, 2.45) is 14.1 Å². The van der Waals surface area contributed by atoms with Crippen LogP contribution in [0.4, 0.5) is 13.2 Å². The Morgan fingerprint density at radius 1 is 1.35 bits per heavy atom. The van der Waals surface area contributed by atoms with Gasteiger partial charge in [0.15, 0.2) is 11.4 Å². The van der Waals surface area contributed by atoms with E-state index < -0.39 is 17.8 Å². The van der Waals surface area contributed by atoms with E-state index >= 15 is 0 Å². The molecule has 1 N–H and O–H groups in total. The van der Waals surface area contributed by atoms with E-state index in [0.29, 0.717) is 6.42 Å². The number of rotatable bonds is 3. The van der Waals surface area contributed by atoms with Crippen molar-refractivity contribution in [1.82, 2.24) is 24.9 Å². The van der Waals surface area contributed by atoms with Crippen LogP contribution in [-0.2, 0) is 38.0 Å². The molecule has 1 aliphatic heterocycles. The van der Waals surface area contributed by atoms with Gasteiger partial charge in [0.2, 0.25) is 0 Å². The molecule has 0 saturated carbocycles. The van der Waals surface area contributed by atoms with Crippen molar-refractivity contribution in [1.29, 1.82) is 0 Å². The van der Waals surface area contributed by atoms with Crippen LogP contribution in [0.3, 0.4) is 0 Å². The summed E-state index contributed by atoms with van der Waals surface area (Å²) >= 11 is 0. The summed E-state index contributed by atoms with van der Waals surface area (Å²) in [5, 5.41) is 10.2. The maximum atomic E-state index is 13.0. The Hall–Kier alpha value is -2.36. The summed E-state index contributed by atoms with van der Waals surface area (Å²) in [5.74, 6) is -0.514. The van der Waals surface area contributed by atoms with Crippen LogP contribution in [-0.4, -0.2) is 31.6 Å². The third-order valence-corrected chi connectivity index (χ3v) is 4.33. The summed E-state index contributed by atoms with van der Waals surface area (Å²) < 4.78 is 47.4. The quantitative estimate of drug-likeness (QED) is 0.897. The molecule has 10 heteroatoms. The summed E-state index contributed by atoms with van der Waals surface area (Å²) in [6, 6.07) is 0. The number of carbonyl (C=O) groups excluding carboxylic acids is 1. The lowest BCUT2D eigenvalue weighted by Gasteiger charge is -2.26.